The van der Waals surface area contributed by atoms with Gasteiger partial charge in [0.15, 0.2) is 0 Å². The SMILES string of the molecule is Cc1ccc(NC(=O)Cc2nc(COC(=O)CCn3c(=O)n(C)c4ccccc43)cs2)cc1. The van der Waals surface area contributed by atoms with Crippen molar-refractivity contribution in [3.8, 4) is 0 Å². The van der Waals surface area contributed by atoms with E-state index in [1.54, 1.807) is 21.6 Å². The number of anilines is 1. The number of ether oxygens (including phenoxy) is 1. The Morgan fingerprint density at radius 3 is 2.58 bits per heavy atom. The van der Waals surface area contributed by atoms with Crippen LogP contribution in [0.1, 0.15) is 22.7 Å². The van der Waals surface area contributed by atoms with E-state index in [1.807, 2.05) is 55.5 Å². The minimum atomic E-state index is -0.415. The molecule has 1 N–H and O–H groups in total. The lowest BCUT2D eigenvalue weighted by molar-refractivity contribution is -0.145. The summed E-state index contributed by atoms with van der Waals surface area (Å²) in [6.45, 7) is 2.25. The second-order valence-electron chi connectivity index (χ2n) is 7.72. The van der Waals surface area contributed by atoms with E-state index >= 15 is 0 Å². The molecule has 2 aromatic heterocycles. The van der Waals surface area contributed by atoms with Crippen molar-refractivity contribution >= 4 is 39.9 Å². The molecule has 0 spiro atoms. The zero-order valence-corrected chi connectivity index (χ0v) is 19.2. The average molecular weight is 465 g/mol. The molecule has 33 heavy (non-hydrogen) atoms. The first-order valence-corrected chi connectivity index (χ1v) is 11.4. The van der Waals surface area contributed by atoms with E-state index in [0.717, 1.165) is 22.3 Å². The van der Waals surface area contributed by atoms with Crippen molar-refractivity contribution in [1.82, 2.24) is 14.1 Å². The zero-order chi connectivity index (χ0) is 23.4. The highest BCUT2D eigenvalue weighted by Gasteiger charge is 2.13. The molecule has 0 atom stereocenters. The lowest BCUT2D eigenvalue weighted by atomic mass is 10.2. The number of nitrogens with one attached hydrogen (secondary N) is 1. The van der Waals surface area contributed by atoms with Gasteiger partial charge in [0, 0.05) is 24.7 Å². The van der Waals surface area contributed by atoms with Crippen molar-refractivity contribution < 1.29 is 14.3 Å². The number of aromatic nitrogens is 3. The molecule has 0 unspecified atom stereocenters. The summed E-state index contributed by atoms with van der Waals surface area (Å²) in [7, 11) is 1.71. The molecule has 1 amide bonds. The van der Waals surface area contributed by atoms with E-state index in [2.05, 4.69) is 10.3 Å². The summed E-state index contributed by atoms with van der Waals surface area (Å²) in [6.07, 6.45) is 0.223. The van der Waals surface area contributed by atoms with E-state index in [0.29, 0.717) is 10.7 Å². The van der Waals surface area contributed by atoms with E-state index in [1.165, 1.54) is 11.3 Å². The van der Waals surface area contributed by atoms with Crippen LogP contribution in [0, 0.1) is 6.92 Å². The van der Waals surface area contributed by atoms with Crippen LogP contribution in [0.4, 0.5) is 5.69 Å². The van der Waals surface area contributed by atoms with Crippen molar-refractivity contribution in [2.45, 2.75) is 32.9 Å². The molecule has 0 saturated carbocycles. The largest absolute Gasteiger partial charge is 0.459 e. The molecule has 0 aliphatic rings. The summed E-state index contributed by atoms with van der Waals surface area (Å²) in [5.41, 5.74) is 3.88. The molecular formula is C24H24N4O4S. The standard InChI is InChI=1S/C24H24N4O4S/c1-16-7-9-17(10-8-16)25-21(29)13-22-26-18(15-33-22)14-32-23(30)11-12-28-20-6-4-3-5-19(20)27(2)24(28)31/h3-10,15H,11-14H2,1-2H3,(H,25,29). The number of carbonyl (C=O) groups excluding carboxylic acids is 2. The third-order valence-electron chi connectivity index (χ3n) is 5.22. The van der Waals surface area contributed by atoms with Crippen LogP contribution < -0.4 is 11.0 Å². The van der Waals surface area contributed by atoms with Crippen molar-refractivity contribution in [3.05, 3.63) is 80.7 Å². The lowest BCUT2D eigenvalue weighted by Crippen LogP contribution is -2.23. The molecule has 0 aliphatic carbocycles. The molecule has 0 saturated heterocycles. The van der Waals surface area contributed by atoms with Crippen LogP contribution in [0.15, 0.2) is 58.7 Å². The molecule has 4 aromatic rings. The second-order valence-corrected chi connectivity index (χ2v) is 8.66. The number of benzene rings is 2. The van der Waals surface area contributed by atoms with Gasteiger partial charge in [-0.1, -0.05) is 29.8 Å². The number of fused-ring (bicyclic) bond motifs is 1. The van der Waals surface area contributed by atoms with Gasteiger partial charge < -0.3 is 10.1 Å². The maximum atomic E-state index is 12.4. The van der Waals surface area contributed by atoms with Gasteiger partial charge >= 0.3 is 11.7 Å². The molecule has 9 heteroatoms. The zero-order valence-electron chi connectivity index (χ0n) is 18.4. The van der Waals surface area contributed by atoms with E-state index in [4.69, 9.17) is 4.74 Å². The molecule has 2 aromatic carbocycles. The second kappa shape index (κ2) is 9.83. The van der Waals surface area contributed by atoms with Crippen LogP contribution in [0.2, 0.25) is 0 Å². The number of aryl methyl sites for hydroxylation is 3. The molecule has 0 aliphatic heterocycles. The summed E-state index contributed by atoms with van der Waals surface area (Å²) in [6, 6.07) is 15.0. The van der Waals surface area contributed by atoms with E-state index < -0.39 is 5.97 Å². The van der Waals surface area contributed by atoms with E-state index in [-0.39, 0.29) is 37.6 Å². The van der Waals surface area contributed by atoms with Crippen molar-refractivity contribution in [2.24, 2.45) is 7.05 Å². The van der Waals surface area contributed by atoms with E-state index in [9.17, 15) is 14.4 Å². The van der Waals surface area contributed by atoms with Gasteiger partial charge in [0.1, 0.15) is 11.6 Å². The first-order valence-electron chi connectivity index (χ1n) is 10.5. The molecule has 170 valence electrons. The van der Waals surface area contributed by atoms with Crippen LogP contribution in [0.3, 0.4) is 0 Å². The Morgan fingerprint density at radius 2 is 1.82 bits per heavy atom. The molecule has 0 radical (unpaired) electrons. The monoisotopic (exact) mass is 464 g/mol. The van der Waals surface area contributed by atoms with Crippen LogP contribution in [-0.4, -0.2) is 26.0 Å². The Morgan fingerprint density at radius 1 is 1.09 bits per heavy atom. The molecule has 0 fully saturated rings. The quantitative estimate of drug-likeness (QED) is 0.403. The number of hydrogen-bond acceptors (Lipinski definition) is 6. The normalized spacial score (nSPS) is 11.0. The number of para-hydroxylation sites is 2. The number of esters is 1. The summed E-state index contributed by atoms with van der Waals surface area (Å²) in [5, 5.41) is 5.26. The molecule has 2 heterocycles. The number of carbonyl (C=O) groups is 2. The fourth-order valence-corrected chi connectivity index (χ4v) is 4.26. The number of imidazole rings is 1. The smallest absolute Gasteiger partial charge is 0.328 e. The summed E-state index contributed by atoms with van der Waals surface area (Å²) in [4.78, 5) is 41.3. The minimum absolute atomic E-state index is 0.0271. The van der Waals surface area contributed by atoms with Crippen molar-refractivity contribution in [2.75, 3.05) is 5.32 Å². The average Bonchev–Trinajstić information content (AvgIpc) is 3.35. The third-order valence-corrected chi connectivity index (χ3v) is 6.12. The predicted molar refractivity (Wildman–Crippen MR) is 127 cm³/mol. The van der Waals surface area contributed by atoms with Gasteiger partial charge in [-0.2, -0.15) is 0 Å². The number of amides is 1. The lowest BCUT2D eigenvalue weighted by Gasteiger charge is -2.05. The summed E-state index contributed by atoms with van der Waals surface area (Å²) < 4.78 is 8.45. The highest BCUT2D eigenvalue weighted by molar-refractivity contribution is 7.09. The summed E-state index contributed by atoms with van der Waals surface area (Å²) >= 11 is 1.35. The van der Waals surface area contributed by atoms with Gasteiger partial charge in [0.2, 0.25) is 5.91 Å². The fraction of sp³-hybridized carbons (Fsp3) is 0.250. The first-order chi connectivity index (χ1) is 15.9. The summed E-state index contributed by atoms with van der Waals surface area (Å²) in [5.74, 6) is -0.571. The number of nitrogens with zero attached hydrogens (tertiary/aromatic N) is 3. The van der Waals surface area contributed by atoms with Crippen LogP contribution in [-0.2, 0) is 40.9 Å². The van der Waals surface area contributed by atoms with Crippen molar-refractivity contribution in [1.29, 1.82) is 0 Å². The Kier molecular flexibility index (Phi) is 6.69. The van der Waals surface area contributed by atoms with Gasteiger partial charge in [-0.25, -0.2) is 9.78 Å². The van der Waals surface area contributed by atoms with Gasteiger partial charge in [-0.3, -0.25) is 18.7 Å². The maximum absolute atomic E-state index is 12.4. The minimum Gasteiger partial charge on any atom is -0.459 e. The molecular weight excluding hydrogens is 440 g/mol. The molecule has 4 rings (SSSR count). The van der Waals surface area contributed by atoms with Crippen LogP contribution in [0.25, 0.3) is 11.0 Å². The molecule has 0 bridgehead atoms. The first kappa shape index (κ1) is 22.5. The van der Waals surface area contributed by atoms with Crippen LogP contribution in [0.5, 0.6) is 0 Å². The molecule has 8 nitrogen and oxygen atoms in total. The Balaban J connectivity index is 1.27. The van der Waals surface area contributed by atoms with Gasteiger partial charge in [0.25, 0.3) is 0 Å². The Labute approximate surface area is 194 Å². The fourth-order valence-electron chi connectivity index (χ4n) is 3.48. The Bertz CT molecular complexity index is 1350. The van der Waals surface area contributed by atoms with Crippen molar-refractivity contribution in [3.63, 3.8) is 0 Å². The van der Waals surface area contributed by atoms with Gasteiger partial charge in [-0.05, 0) is 31.2 Å². The Hall–Kier alpha value is -3.72. The maximum Gasteiger partial charge on any atom is 0.328 e. The van der Waals surface area contributed by atoms with Gasteiger partial charge in [0.05, 0.1) is 29.6 Å². The number of thiazole rings is 1. The number of rotatable bonds is 8. The highest BCUT2D eigenvalue weighted by atomic mass is 32.1. The van der Waals surface area contributed by atoms with Crippen LogP contribution >= 0.6 is 11.3 Å². The van der Waals surface area contributed by atoms with Gasteiger partial charge in [-0.15, -0.1) is 11.3 Å². The number of hydrogen-bond donors (Lipinski definition) is 1. The highest BCUT2D eigenvalue weighted by Crippen LogP contribution is 2.15. The third kappa shape index (κ3) is 5.38. The predicted octanol–water partition coefficient (Wildman–Crippen LogP) is 3.42. The topological polar surface area (TPSA) is 95.2 Å².